The third kappa shape index (κ3) is 4.31. The number of phenols is 1. The van der Waals surface area contributed by atoms with Crippen LogP contribution in [0, 0.1) is 10.1 Å². The molecule has 0 unspecified atom stereocenters. The summed E-state index contributed by atoms with van der Waals surface area (Å²) in [6.45, 7) is 0. The fraction of sp³-hybridized carbons (Fsp3) is 0.133. The number of hydrogen-bond donors (Lipinski definition) is 2. The number of primary sulfonamides is 1. The summed E-state index contributed by atoms with van der Waals surface area (Å²) in [5.74, 6) is -0.191. The lowest BCUT2D eigenvalue weighted by Crippen LogP contribution is -2.13. The van der Waals surface area contributed by atoms with Crippen molar-refractivity contribution < 1.29 is 18.4 Å². The summed E-state index contributed by atoms with van der Waals surface area (Å²) in [4.78, 5) is 16.0. The topological polar surface area (TPSA) is 139 Å². The Kier molecular flexibility index (Phi) is 5.04. The van der Waals surface area contributed by atoms with E-state index in [9.17, 15) is 23.6 Å². The number of nitro groups is 1. The average molecular weight is 364 g/mol. The van der Waals surface area contributed by atoms with Crippen molar-refractivity contribution in [2.75, 3.05) is 19.0 Å². The first-order valence-electron chi connectivity index (χ1n) is 6.95. The second-order valence-corrected chi connectivity index (χ2v) is 6.91. The molecular weight excluding hydrogens is 348 g/mol. The van der Waals surface area contributed by atoms with Gasteiger partial charge in [-0.05, 0) is 24.3 Å². The molecule has 2 aromatic carbocycles. The van der Waals surface area contributed by atoms with Gasteiger partial charge in [-0.1, -0.05) is 0 Å². The molecule has 0 aromatic heterocycles. The van der Waals surface area contributed by atoms with E-state index in [1.807, 2.05) is 0 Å². The summed E-state index contributed by atoms with van der Waals surface area (Å²) < 4.78 is 23.0. The summed E-state index contributed by atoms with van der Waals surface area (Å²) >= 11 is 0. The Bertz CT molecular complexity index is 954. The molecule has 0 aliphatic rings. The molecule has 25 heavy (non-hydrogen) atoms. The van der Waals surface area contributed by atoms with E-state index in [0.29, 0.717) is 5.69 Å². The molecule has 10 heteroatoms. The van der Waals surface area contributed by atoms with Crippen LogP contribution in [0.5, 0.6) is 5.75 Å². The fourth-order valence-corrected chi connectivity index (χ4v) is 2.59. The average Bonchev–Trinajstić information content (AvgIpc) is 2.52. The van der Waals surface area contributed by atoms with Gasteiger partial charge in [-0.15, -0.1) is 0 Å². The second kappa shape index (κ2) is 6.87. The van der Waals surface area contributed by atoms with Crippen LogP contribution >= 0.6 is 0 Å². The third-order valence-corrected chi connectivity index (χ3v) is 4.23. The summed E-state index contributed by atoms with van der Waals surface area (Å²) in [5, 5.41) is 25.8. The van der Waals surface area contributed by atoms with Gasteiger partial charge in [0.15, 0.2) is 0 Å². The van der Waals surface area contributed by atoms with E-state index in [2.05, 4.69) is 4.99 Å². The number of phenolic OH excluding ortho intramolecular Hbond substituents is 1. The molecule has 0 saturated heterocycles. The molecule has 132 valence electrons. The Hall–Kier alpha value is -2.98. The molecule has 3 N–H and O–H groups in total. The van der Waals surface area contributed by atoms with Crippen LogP contribution < -0.4 is 10.0 Å². The number of hydrogen-bond acceptors (Lipinski definition) is 7. The predicted molar refractivity (Wildman–Crippen MR) is 94.2 cm³/mol. The van der Waals surface area contributed by atoms with Crippen molar-refractivity contribution in [3.63, 3.8) is 0 Å². The van der Waals surface area contributed by atoms with Gasteiger partial charge in [0, 0.05) is 38.0 Å². The molecule has 2 aromatic rings. The van der Waals surface area contributed by atoms with Crippen LogP contribution in [0.3, 0.4) is 0 Å². The Balaban J connectivity index is 2.53. The van der Waals surface area contributed by atoms with Crippen molar-refractivity contribution in [3.8, 4) is 5.75 Å². The molecule has 0 bridgehead atoms. The van der Waals surface area contributed by atoms with Gasteiger partial charge in [0.25, 0.3) is 5.69 Å². The largest absolute Gasteiger partial charge is 0.507 e. The van der Waals surface area contributed by atoms with Gasteiger partial charge in [-0.2, -0.15) is 0 Å². The number of non-ortho nitro benzene ring substituents is 1. The first-order valence-corrected chi connectivity index (χ1v) is 8.50. The van der Waals surface area contributed by atoms with Gasteiger partial charge in [-0.25, -0.2) is 13.6 Å². The van der Waals surface area contributed by atoms with Crippen molar-refractivity contribution in [2.45, 2.75) is 4.90 Å². The highest BCUT2D eigenvalue weighted by atomic mass is 32.2. The Morgan fingerprint density at radius 2 is 1.92 bits per heavy atom. The molecule has 0 spiro atoms. The van der Waals surface area contributed by atoms with E-state index in [0.717, 1.165) is 6.07 Å². The number of benzene rings is 2. The maximum absolute atomic E-state index is 11.5. The van der Waals surface area contributed by atoms with E-state index in [1.165, 1.54) is 30.5 Å². The molecule has 0 aliphatic heterocycles. The van der Waals surface area contributed by atoms with E-state index in [1.54, 1.807) is 25.1 Å². The number of rotatable bonds is 5. The van der Waals surface area contributed by atoms with Crippen LogP contribution in [0.1, 0.15) is 5.56 Å². The Morgan fingerprint density at radius 3 is 2.48 bits per heavy atom. The minimum Gasteiger partial charge on any atom is -0.507 e. The van der Waals surface area contributed by atoms with Crippen molar-refractivity contribution in [1.82, 2.24) is 0 Å². The van der Waals surface area contributed by atoms with Crippen LogP contribution in [-0.2, 0) is 10.0 Å². The number of aliphatic imine (C=N–C) groups is 1. The molecule has 0 fully saturated rings. The van der Waals surface area contributed by atoms with Crippen molar-refractivity contribution in [2.24, 2.45) is 10.1 Å². The van der Waals surface area contributed by atoms with Crippen molar-refractivity contribution in [3.05, 3.63) is 52.1 Å². The lowest BCUT2D eigenvalue weighted by molar-refractivity contribution is -0.384. The van der Waals surface area contributed by atoms with Crippen LogP contribution in [0.15, 0.2) is 46.3 Å². The summed E-state index contributed by atoms with van der Waals surface area (Å²) in [6, 6.07) is 7.70. The van der Waals surface area contributed by atoms with Gasteiger partial charge in [0.2, 0.25) is 10.0 Å². The highest BCUT2D eigenvalue weighted by Gasteiger charge is 2.13. The lowest BCUT2D eigenvalue weighted by atomic mass is 10.2. The molecule has 0 radical (unpaired) electrons. The smallest absolute Gasteiger partial charge is 0.270 e. The predicted octanol–water partition coefficient (Wildman–Crippen LogP) is 1.76. The summed E-state index contributed by atoms with van der Waals surface area (Å²) in [5.41, 5.74) is 0.807. The standard InChI is InChI=1S/C15H16N4O5S/c1-18(2)14-5-4-12(25(16,23)24)8-13(14)17-9-10-7-11(19(21)22)3-6-15(10)20/h3-9,20H,1-2H3,(H2,16,23,24). The molecule has 0 aliphatic carbocycles. The van der Waals surface area contributed by atoms with Gasteiger partial charge >= 0.3 is 0 Å². The maximum atomic E-state index is 11.5. The monoisotopic (exact) mass is 364 g/mol. The van der Waals surface area contributed by atoms with Gasteiger partial charge < -0.3 is 10.0 Å². The van der Waals surface area contributed by atoms with E-state index in [4.69, 9.17) is 5.14 Å². The number of nitrogens with two attached hydrogens (primary N) is 1. The number of anilines is 1. The van der Waals surface area contributed by atoms with E-state index < -0.39 is 14.9 Å². The number of sulfonamides is 1. The van der Waals surface area contributed by atoms with E-state index in [-0.39, 0.29) is 27.6 Å². The van der Waals surface area contributed by atoms with E-state index >= 15 is 0 Å². The molecule has 0 saturated carbocycles. The normalized spacial score (nSPS) is 11.6. The molecule has 0 atom stereocenters. The van der Waals surface area contributed by atoms with Crippen LogP contribution in [0.4, 0.5) is 17.1 Å². The molecule has 2 rings (SSSR count). The van der Waals surface area contributed by atoms with Gasteiger partial charge in [0.05, 0.1) is 21.2 Å². The number of nitro benzene ring substituents is 1. The highest BCUT2D eigenvalue weighted by molar-refractivity contribution is 7.89. The quantitative estimate of drug-likeness (QED) is 0.471. The Labute approximate surface area is 144 Å². The first-order chi connectivity index (χ1) is 11.6. The maximum Gasteiger partial charge on any atom is 0.270 e. The Morgan fingerprint density at radius 1 is 1.24 bits per heavy atom. The zero-order valence-electron chi connectivity index (χ0n) is 13.4. The first kappa shape index (κ1) is 18.4. The summed E-state index contributed by atoms with van der Waals surface area (Å²) in [7, 11) is -0.416. The van der Waals surface area contributed by atoms with Crippen molar-refractivity contribution in [1.29, 1.82) is 0 Å². The minimum atomic E-state index is -3.91. The van der Waals surface area contributed by atoms with Crippen LogP contribution in [0.2, 0.25) is 0 Å². The minimum absolute atomic E-state index is 0.117. The molecule has 9 nitrogen and oxygen atoms in total. The highest BCUT2D eigenvalue weighted by Crippen LogP contribution is 2.30. The van der Waals surface area contributed by atoms with Gasteiger partial charge in [-0.3, -0.25) is 15.1 Å². The number of nitrogens with zero attached hydrogens (tertiary/aromatic N) is 3. The lowest BCUT2D eigenvalue weighted by Gasteiger charge is -2.15. The zero-order chi connectivity index (χ0) is 18.8. The fourth-order valence-electron chi connectivity index (χ4n) is 2.06. The molecule has 0 amide bonds. The summed E-state index contributed by atoms with van der Waals surface area (Å²) in [6.07, 6.45) is 1.22. The van der Waals surface area contributed by atoms with Crippen molar-refractivity contribution >= 4 is 33.3 Å². The van der Waals surface area contributed by atoms with Crippen LogP contribution in [0.25, 0.3) is 0 Å². The second-order valence-electron chi connectivity index (χ2n) is 5.35. The van der Waals surface area contributed by atoms with Gasteiger partial charge in [0.1, 0.15) is 5.75 Å². The third-order valence-electron chi connectivity index (χ3n) is 3.32. The molecular formula is C15H16N4O5S. The molecule has 0 heterocycles. The SMILES string of the molecule is CN(C)c1ccc(S(N)(=O)=O)cc1N=Cc1cc([N+](=O)[O-])ccc1O. The zero-order valence-corrected chi connectivity index (χ0v) is 14.3. The number of aromatic hydroxyl groups is 1. The van der Waals surface area contributed by atoms with Crippen LogP contribution in [-0.4, -0.2) is 38.8 Å².